The molecule has 2 aliphatic heterocycles. The van der Waals surface area contributed by atoms with Crippen LogP contribution in [0.1, 0.15) is 26.3 Å². The van der Waals surface area contributed by atoms with Crippen LogP contribution in [-0.4, -0.2) is 63.4 Å². The highest BCUT2D eigenvalue weighted by Gasteiger charge is 2.71. The van der Waals surface area contributed by atoms with Crippen molar-refractivity contribution in [1.29, 1.82) is 5.26 Å². The van der Waals surface area contributed by atoms with Crippen molar-refractivity contribution in [3.8, 4) is 17.2 Å². The number of nitrogens with zero attached hydrogens (tertiary/aromatic N) is 6. The number of cyclic esters (lactones) is 1. The van der Waals surface area contributed by atoms with Crippen LogP contribution < -0.4 is 4.90 Å². The molecule has 1 saturated carbocycles. The first-order valence-corrected chi connectivity index (χ1v) is 13.3. The number of piperidine rings is 1. The normalized spacial score (nSPS) is 25.1. The lowest BCUT2D eigenvalue weighted by Crippen LogP contribution is -2.39. The van der Waals surface area contributed by atoms with Crippen molar-refractivity contribution in [3.63, 3.8) is 0 Å². The Bertz CT molecular complexity index is 1550. The summed E-state index contributed by atoms with van der Waals surface area (Å²) < 4.78 is 43.1. The lowest BCUT2D eigenvalue weighted by atomic mass is 9.89. The van der Waals surface area contributed by atoms with Crippen molar-refractivity contribution in [2.24, 2.45) is 11.8 Å². The van der Waals surface area contributed by atoms with Gasteiger partial charge in [0, 0.05) is 42.2 Å². The van der Waals surface area contributed by atoms with Crippen LogP contribution in [0.4, 0.5) is 24.1 Å². The van der Waals surface area contributed by atoms with Crippen LogP contribution in [0.15, 0.2) is 48.8 Å². The van der Waals surface area contributed by atoms with Crippen LogP contribution in [0.25, 0.3) is 11.1 Å². The van der Waals surface area contributed by atoms with Gasteiger partial charge in [-0.05, 0) is 50.6 Å². The van der Waals surface area contributed by atoms with Crippen LogP contribution in [0, 0.1) is 34.8 Å². The van der Waals surface area contributed by atoms with E-state index in [9.17, 15) is 14.9 Å². The summed E-state index contributed by atoms with van der Waals surface area (Å²) in [6.45, 7) is 6.50. The molecule has 3 fully saturated rings. The van der Waals surface area contributed by atoms with Gasteiger partial charge in [0.05, 0.1) is 36.5 Å². The summed E-state index contributed by atoms with van der Waals surface area (Å²) in [6.07, 6.45) is 1.66. The summed E-state index contributed by atoms with van der Waals surface area (Å²) in [6, 6.07) is 10.9. The van der Waals surface area contributed by atoms with Gasteiger partial charge in [-0.25, -0.2) is 23.1 Å². The van der Waals surface area contributed by atoms with E-state index >= 15 is 8.78 Å². The van der Waals surface area contributed by atoms with Gasteiger partial charge in [0.1, 0.15) is 23.3 Å². The molecule has 0 spiro atoms. The molecule has 2 amide bonds. The molecule has 0 N–H and O–H groups in total. The highest BCUT2D eigenvalue weighted by atomic mass is 19.1. The van der Waals surface area contributed by atoms with Crippen molar-refractivity contribution in [1.82, 2.24) is 19.9 Å². The summed E-state index contributed by atoms with van der Waals surface area (Å²) in [7, 11) is 0. The number of benzene rings is 2. The molecule has 1 unspecified atom stereocenters. The van der Waals surface area contributed by atoms with Crippen molar-refractivity contribution in [3.05, 3.63) is 66.0 Å². The third-order valence-electron chi connectivity index (χ3n) is 7.94. The van der Waals surface area contributed by atoms with E-state index in [0.717, 1.165) is 0 Å². The van der Waals surface area contributed by atoms with E-state index in [1.165, 1.54) is 35.4 Å². The number of nitriles is 1. The van der Waals surface area contributed by atoms with Gasteiger partial charge < -0.3 is 14.4 Å². The highest BCUT2D eigenvalue weighted by Crippen LogP contribution is 2.63. The van der Waals surface area contributed by atoms with Gasteiger partial charge in [0.2, 0.25) is 0 Å². The van der Waals surface area contributed by atoms with E-state index in [1.807, 2.05) is 0 Å². The summed E-state index contributed by atoms with van der Waals surface area (Å²) in [4.78, 5) is 27.8. The lowest BCUT2D eigenvalue weighted by Gasteiger charge is -2.27. The Morgan fingerprint density at radius 3 is 2.51 bits per heavy atom. The third kappa shape index (κ3) is 4.65. The Hall–Kier alpha value is -4.53. The molecular formula is C29H28F2N6O4. The van der Waals surface area contributed by atoms with Crippen LogP contribution >= 0.6 is 0 Å². The maximum Gasteiger partial charge on any atom is 0.414 e. The maximum absolute atomic E-state index is 15.5. The van der Waals surface area contributed by atoms with Gasteiger partial charge in [0.25, 0.3) is 0 Å². The molecule has 2 aromatic carbocycles. The Morgan fingerprint density at radius 1 is 1.15 bits per heavy atom. The fraction of sp³-hybridized carbons (Fsp3) is 0.414. The fourth-order valence-electron chi connectivity index (χ4n) is 6.02. The van der Waals surface area contributed by atoms with Crippen molar-refractivity contribution in [2.75, 3.05) is 24.5 Å². The zero-order chi connectivity index (χ0) is 29.1. The minimum atomic E-state index is -1.04. The summed E-state index contributed by atoms with van der Waals surface area (Å²) >= 11 is 0. The summed E-state index contributed by atoms with van der Waals surface area (Å²) in [5.74, 6) is -1.65. The molecule has 3 heterocycles. The van der Waals surface area contributed by atoms with E-state index in [-0.39, 0.29) is 29.5 Å². The smallest absolute Gasteiger partial charge is 0.414 e. The monoisotopic (exact) mass is 562 g/mol. The van der Waals surface area contributed by atoms with Crippen LogP contribution in [0.2, 0.25) is 0 Å². The first-order chi connectivity index (χ1) is 19.5. The molecule has 0 radical (unpaired) electrons. The Kier molecular flexibility index (Phi) is 6.21. The predicted molar refractivity (Wildman–Crippen MR) is 142 cm³/mol. The number of likely N-dealkylation sites (tertiary alicyclic amines) is 1. The molecule has 1 aliphatic carbocycles. The summed E-state index contributed by atoms with van der Waals surface area (Å²) in [5.41, 5.74) is -0.648. The number of carbonyl (C=O) groups is 2. The lowest BCUT2D eigenvalue weighted by molar-refractivity contribution is 0.0265. The van der Waals surface area contributed by atoms with Crippen LogP contribution in [0.3, 0.4) is 0 Å². The molecule has 6 rings (SSSR count). The van der Waals surface area contributed by atoms with E-state index in [4.69, 9.17) is 9.47 Å². The second-order valence-electron chi connectivity index (χ2n) is 11.7. The molecule has 3 aliphatic rings. The number of hydrogen-bond donors (Lipinski definition) is 0. The van der Waals surface area contributed by atoms with E-state index in [0.29, 0.717) is 30.9 Å². The number of ether oxygens (including phenoxy) is 2. The van der Waals surface area contributed by atoms with Gasteiger partial charge in [-0.3, -0.25) is 4.90 Å². The van der Waals surface area contributed by atoms with Gasteiger partial charge in [-0.15, -0.1) is 5.10 Å². The second kappa shape index (κ2) is 9.54. The second-order valence-corrected chi connectivity index (χ2v) is 11.7. The molecule has 0 bridgehead atoms. The fourth-order valence-corrected chi connectivity index (χ4v) is 6.02. The van der Waals surface area contributed by atoms with Gasteiger partial charge in [-0.2, -0.15) is 5.26 Å². The largest absolute Gasteiger partial charge is 0.444 e. The van der Waals surface area contributed by atoms with Crippen molar-refractivity contribution >= 4 is 17.9 Å². The standard InChI is InChI=1S/C29H28F2N6O4/c1-28(2,3)41-26(38)35-14-22-23(15-35)29(22,16-32)21-7-4-17(10-25(21)31)20-6-5-18(11-24(20)30)37-13-19(40-27(37)39)12-36-9-8-33-34-36/h4-11,19,22-23H,12-15H2,1-3H3/t19-,22+,23?,29-/m0/s1. The Labute approximate surface area is 235 Å². The zero-order valence-corrected chi connectivity index (χ0v) is 22.8. The van der Waals surface area contributed by atoms with Crippen molar-refractivity contribution < 1.29 is 27.8 Å². The Balaban J connectivity index is 1.16. The topological polar surface area (TPSA) is 114 Å². The van der Waals surface area contributed by atoms with Crippen molar-refractivity contribution in [2.45, 2.75) is 44.4 Å². The first kappa shape index (κ1) is 26.7. The molecule has 212 valence electrons. The van der Waals surface area contributed by atoms with Crippen LogP contribution in [0.5, 0.6) is 0 Å². The summed E-state index contributed by atoms with van der Waals surface area (Å²) in [5, 5.41) is 17.7. The minimum Gasteiger partial charge on any atom is -0.444 e. The average molecular weight is 563 g/mol. The molecule has 41 heavy (non-hydrogen) atoms. The van der Waals surface area contributed by atoms with E-state index in [2.05, 4.69) is 16.4 Å². The number of anilines is 1. The molecule has 1 aromatic heterocycles. The third-order valence-corrected chi connectivity index (χ3v) is 7.94. The predicted octanol–water partition coefficient (Wildman–Crippen LogP) is 4.51. The average Bonchev–Trinajstić information content (AvgIpc) is 3.42. The molecule has 3 aromatic rings. The quantitative estimate of drug-likeness (QED) is 0.450. The highest BCUT2D eigenvalue weighted by molar-refractivity contribution is 5.90. The minimum absolute atomic E-state index is 0.157. The van der Waals surface area contributed by atoms with E-state index < -0.39 is 40.9 Å². The number of fused-ring (bicyclic) bond motifs is 1. The molecule has 2 saturated heterocycles. The SMILES string of the molecule is CC(C)(C)OC(=O)N1CC2[C@@H](C1)[C@]2(C#N)c1ccc(-c2ccc(N3C[C@H](Cn4ccnn4)OC3=O)cc2F)cc1F. The van der Waals surface area contributed by atoms with Gasteiger partial charge in [-0.1, -0.05) is 17.3 Å². The van der Waals surface area contributed by atoms with Gasteiger partial charge >= 0.3 is 12.2 Å². The number of hydrogen-bond acceptors (Lipinski definition) is 7. The number of halogens is 2. The van der Waals surface area contributed by atoms with Crippen LogP contribution in [-0.2, 0) is 21.4 Å². The number of aromatic nitrogens is 3. The number of amides is 2. The zero-order valence-electron chi connectivity index (χ0n) is 22.8. The molecule has 12 heteroatoms. The molecular weight excluding hydrogens is 534 g/mol. The molecule has 4 atom stereocenters. The molecule has 10 nitrogen and oxygen atoms in total. The van der Waals surface area contributed by atoms with Gasteiger partial charge in [0.15, 0.2) is 0 Å². The number of rotatable bonds is 5. The maximum atomic E-state index is 15.5. The first-order valence-electron chi connectivity index (χ1n) is 13.3. The Morgan fingerprint density at radius 2 is 1.90 bits per heavy atom. The van der Waals surface area contributed by atoms with E-state index in [1.54, 1.807) is 48.7 Å². The number of carbonyl (C=O) groups excluding carboxylic acids is 2.